The van der Waals surface area contributed by atoms with Crippen LogP contribution in [0.5, 0.6) is 11.6 Å². The number of carbonyl (C=O) groups excluding carboxylic acids is 3. The van der Waals surface area contributed by atoms with E-state index in [1.165, 1.54) is 18.5 Å². The first kappa shape index (κ1) is 68.0. The highest BCUT2D eigenvalue weighted by molar-refractivity contribution is 7.92. The van der Waals surface area contributed by atoms with Crippen molar-refractivity contribution >= 4 is 61.8 Å². The lowest BCUT2D eigenvalue weighted by molar-refractivity contribution is -0.121. The number of sulfone groups is 1. The smallest absolute Gasteiger partial charge is 0.410 e. The molecule has 3 amide bonds. The van der Waals surface area contributed by atoms with Crippen LogP contribution >= 0.6 is 0 Å². The quantitative estimate of drug-likeness (QED) is 0.0717. The summed E-state index contributed by atoms with van der Waals surface area (Å²) in [5.41, 5.74) is 5.53. The minimum Gasteiger partial charge on any atom is -0.492 e. The number of nitrogens with zero attached hydrogens (tertiary/aromatic N) is 13. The van der Waals surface area contributed by atoms with Gasteiger partial charge in [-0.2, -0.15) is 5.10 Å². The van der Waals surface area contributed by atoms with Gasteiger partial charge in [0.15, 0.2) is 15.7 Å². The number of H-pyrrole nitrogens is 1. The summed E-state index contributed by atoms with van der Waals surface area (Å²) in [5.74, 6) is 1.81. The molecule has 3 saturated heterocycles. The maximum Gasteiger partial charge on any atom is 0.410 e. The molecule has 3 fully saturated rings. The first-order valence-electron chi connectivity index (χ1n) is 32.9. The van der Waals surface area contributed by atoms with Gasteiger partial charge in [0.2, 0.25) is 11.8 Å². The van der Waals surface area contributed by atoms with Gasteiger partial charge >= 0.3 is 6.09 Å². The second-order valence-corrected chi connectivity index (χ2v) is 31.0. The van der Waals surface area contributed by atoms with Crippen LogP contribution in [-0.4, -0.2) is 206 Å². The molecule has 4 aromatic heterocycles. The summed E-state index contributed by atoms with van der Waals surface area (Å²) in [6, 6.07) is 21.0. The number of piperazine rings is 3. The number of pyridine rings is 1. The second kappa shape index (κ2) is 27.8. The van der Waals surface area contributed by atoms with Crippen LogP contribution in [0.15, 0.2) is 96.4 Å². The van der Waals surface area contributed by atoms with Crippen LogP contribution in [0.3, 0.4) is 0 Å². The number of carbonyl (C=O) groups is 3. The first-order chi connectivity index (χ1) is 45.1. The van der Waals surface area contributed by atoms with Crippen LogP contribution in [0.25, 0.3) is 10.9 Å². The third kappa shape index (κ3) is 15.5. The van der Waals surface area contributed by atoms with E-state index in [1.807, 2.05) is 87.7 Å². The van der Waals surface area contributed by atoms with Crippen molar-refractivity contribution in [2.24, 2.45) is 0 Å². The highest BCUT2D eigenvalue weighted by Gasteiger charge is 2.44. The number of hydrogen-bond donors (Lipinski definition) is 2. The Labute approximate surface area is 556 Å². The van der Waals surface area contributed by atoms with Gasteiger partial charge in [0.05, 0.1) is 47.2 Å². The first-order valence-corrected chi connectivity index (χ1v) is 34.3. The summed E-state index contributed by atoms with van der Waals surface area (Å²) >= 11 is 0. The molecular formula is C70H90FN15O8S. The third-order valence-electron chi connectivity index (χ3n) is 18.5. The topological polar surface area (TPSA) is 241 Å². The lowest BCUT2D eigenvalue weighted by Crippen LogP contribution is -2.65. The van der Waals surface area contributed by atoms with E-state index in [2.05, 4.69) is 70.8 Å². The number of fused-ring (bicyclic) bond motifs is 2. The summed E-state index contributed by atoms with van der Waals surface area (Å²) in [5, 5.41) is 11.1. The Bertz CT molecular complexity index is 4020. The Hall–Kier alpha value is -8.39. The van der Waals surface area contributed by atoms with Gasteiger partial charge in [0.25, 0.3) is 5.91 Å². The standard InChI is InChI=1S/C70H90FN15O8S/c1-45-37-83(66(88)56-35-73-60(36-72-56)81-26-24-80(25-27-81)23-16-30-92-58-34-55-54(33-59(58)95(90,91)69(8,9)10)64(75-44-74-55)77-63-47(3)48(4)78-79-63)29-28-82(45)39-53-40-85(67(89)94-68(5,6)7)46(2)38-84(53)41-61(87)86-43-70(11,12)62-57(86)32-51(31-49-19-21-52(71)22-20-49)65(76-62)93-42-50-17-14-13-15-18-50/h13-15,17-22,32-36,44-46,53H,16,23-31,37-43H2,1-12H3,(H2,74,75,77,78,79)/t45-,46-,53+/m1/s1. The average molecular weight is 1320 g/mol. The molecule has 0 spiro atoms. The normalized spacial score (nSPS) is 19.1. The monoisotopic (exact) mass is 1320 g/mol. The number of halogens is 1. The lowest BCUT2D eigenvalue weighted by Gasteiger charge is -2.48. The van der Waals surface area contributed by atoms with Crippen molar-refractivity contribution in [3.63, 3.8) is 0 Å². The molecule has 2 N–H and O–H groups in total. The zero-order valence-electron chi connectivity index (χ0n) is 56.8. The van der Waals surface area contributed by atoms with E-state index in [0.717, 1.165) is 59.0 Å². The number of anilines is 4. The van der Waals surface area contributed by atoms with Gasteiger partial charge in [-0.3, -0.25) is 29.4 Å². The number of hydrogen-bond acceptors (Lipinski definition) is 19. The zero-order valence-corrected chi connectivity index (χ0v) is 57.6. The van der Waals surface area contributed by atoms with Crippen LogP contribution in [0.1, 0.15) is 120 Å². The Balaban J connectivity index is 0.701. The molecule has 4 aliphatic rings. The Morgan fingerprint density at radius 2 is 1.55 bits per heavy atom. The molecule has 95 heavy (non-hydrogen) atoms. The van der Waals surface area contributed by atoms with E-state index in [-0.39, 0.29) is 65.2 Å². The number of aromatic amines is 1. The second-order valence-electron chi connectivity index (χ2n) is 28.3. The number of aromatic nitrogens is 7. The summed E-state index contributed by atoms with van der Waals surface area (Å²) in [7, 11) is -3.85. The fourth-order valence-electron chi connectivity index (χ4n) is 12.8. The fourth-order valence-corrected chi connectivity index (χ4v) is 14.1. The van der Waals surface area contributed by atoms with Gasteiger partial charge in [0.1, 0.15) is 52.3 Å². The van der Waals surface area contributed by atoms with Crippen molar-refractivity contribution < 1.29 is 41.4 Å². The Morgan fingerprint density at radius 3 is 2.22 bits per heavy atom. The summed E-state index contributed by atoms with van der Waals surface area (Å²) in [6.07, 6.45) is 5.33. The summed E-state index contributed by atoms with van der Waals surface area (Å²) in [4.78, 5) is 81.1. The number of nitrogens with one attached hydrogen (secondary N) is 2. The van der Waals surface area contributed by atoms with E-state index in [9.17, 15) is 22.4 Å². The lowest BCUT2D eigenvalue weighted by atomic mass is 9.91. The number of ether oxygens (including phenoxy) is 3. The van der Waals surface area contributed by atoms with Crippen molar-refractivity contribution in [2.45, 2.75) is 141 Å². The van der Waals surface area contributed by atoms with Crippen LogP contribution in [0.4, 0.5) is 32.3 Å². The van der Waals surface area contributed by atoms with Crippen molar-refractivity contribution in [1.29, 1.82) is 0 Å². The molecule has 0 bridgehead atoms. The molecule has 23 nitrogen and oxygen atoms in total. The third-order valence-corrected chi connectivity index (χ3v) is 21.0. The molecule has 11 rings (SSSR count). The maximum absolute atomic E-state index is 15.0. The van der Waals surface area contributed by atoms with Gasteiger partial charge in [-0.15, -0.1) is 0 Å². The van der Waals surface area contributed by atoms with Crippen molar-refractivity contribution in [2.75, 3.05) is 107 Å². The van der Waals surface area contributed by atoms with E-state index >= 15 is 4.79 Å². The fraction of sp³-hybridized carbons (Fsp3) is 0.500. The SMILES string of the molecule is Cc1[nH]nc(Nc2ncnc3cc(OCCCN4CCN(c5cnc(C(=O)N6CCN(C[C@H]7CN(C(=O)OC(C)(C)C)[C@H](C)CN7CC(=O)N7CC(C)(C)c8nc(OCc9ccccc9)c(Cc9ccc(F)cc9)cc87)[C@H](C)C6)cn5)CC4)c(S(=O)(=O)C(C)(C)C)cc23)c1C. The molecule has 0 unspecified atom stereocenters. The largest absolute Gasteiger partial charge is 0.492 e. The van der Waals surface area contributed by atoms with E-state index < -0.39 is 31.7 Å². The van der Waals surface area contributed by atoms with Crippen LogP contribution in [0.2, 0.25) is 0 Å². The number of benzene rings is 3. The van der Waals surface area contributed by atoms with Crippen molar-refractivity contribution in [1.82, 2.24) is 59.6 Å². The highest BCUT2D eigenvalue weighted by atomic mass is 32.2. The molecule has 0 radical (unpaired) electrons. The van der Waals surface area contributed by atoms with Gasteiger partial charge in [0, 0.05) is 137 Å². The van der Waals surface area contributed by atoms with Crippen LogP contribution < -0.4 is 24.6 Å². The van der Waals surface area contributed by atoms with Crippen molar-refractivity contribution in [3.05, 3.63) is 137 Å². The van der Waals surface area contributed by atoms with E-state index in [4.69, 9.17) is 24.2 Å². The van der Waals surface area contributed by atoms with Crippen LogP contribution in [-0.2, 0) is 37.8 Å². The molecule has 25 heteroatoms. The predicted molar refractivity (Wildman–Crippen MR) is 363 cm³/mol. The molecule has 4 aliphatic heterocycles. The minimum absolute atomic E-state index is 0.0698. The molecule has 0 saturated carbocycles. The average Bonchev–Trinajstić information content (AvgIpc) is 1.02. The molecular weight excluding hydrogens is 1230 g/mol. The Morgan fingerprint density at radius 1 is 0.800 bits per heavy atom. The van der Waals surface area contributed by atoms with E-state index in [1.54, 1.807) is 62.3 Å². The van der Waals surface area contributed by atoms with Gasteiger partial charge < -0.3 is 39.1 Å². The predicted octanol–water partition coefficient (Wildman–Crippen LogP) is 9.15. The van der Waals surface area contributed by atoms with Crippen LogP contribution in [0, 0.1) is 19.7 Å². The molecule has 3 atom stereocenters. The highest BCUT2D eigenvalue weighted by Crippen LogP contribution is 2.43. The number of amides is 3. The van der Waals surface area contributed by atoms with E-state index in [0.29, 0.717) is 113 Å². The maximum atomic E-state index is 15.0. The molecule has 0 aliphatic carbocycles. The molecule has 8 heterocycles. The Kier molecular flexibility index (Phi) is 19.9. The van der Waals surface area contributed by atoms with Gasteiger partial charge in [-0.25, -0.2) is 42.5 Å². The number of rotatable bonds is 19. The summed E-state index contributed by atoms with van der Waals surface area (Å²) in [6.45, 7) is 30.2. The molecule has 7 aromatic rings. The molecule has 3 aromatic carbocycles. The van der Waals surface area contributed by atoms with Gasteiger partial charge in [-0.1, -0.05) is 56.3 Å². The van der Waals surface area contributed by atoms with Crippen molar-refractivity contribution in [3.8, 4) is 11.6 Å². The number of aryl methyl sites for hydroxylation is 1. The zero-order chi connectivity index (χ0) is 67.7. The minimum atomic E-state index is -3.85. The van der Waals surface area contributed by atoms with Gasteiger partial charge in [-0.05, 0) is 111 Å². The summed E-state index contributed by atoms with van der Waals surface area (Å²) < 4.78 is 59.8. The molecule has 506 valence electrons.